The summed E-state index contributed by atoms with van der Waals surface area (Å²) in [5.41, 5.74) is 23.4. The van der Waals surface area contributed by atoms with Crippen molar-refractivity contribution in [3.8, 4) is 158 Å². The number of hydrogen-bond donors (Lipinski definition) is 0. The van der Waals surface area contributed by atoms with Gasteiger partial charge in [-0.25, -0.2) is 39.9 Å². The number of hydrogen-bond acceptors (Lipinski definition) is 8. The van der Waals surface area contributed by atoms with Crippen molar-refractivity contribution in [1.82, 2.24) is 39.9 Å². The van der Waals surface area contributed by atoms with Crippen LogP contribution in [0.1, 0.15) is 0 Å². The number of benzene rings is 23. The van der Waals surface area contributed by atoms with Gasteiger partial charge in [0.2, 0.25) is 0 Å². The highest BCUT2D eigenvalue weighted by Crippen LogP contribution is 2.45. The minimum Gasteiger partial charge on any atom is -0.228 e. The first kappa shape index (κ1) is 82.6. The smallest absolute Gasteiger partial charge is 0.164 e. The van der Waals surface area contributed by atoms with Crippen molar-refractivity contribution in [3.63, 3.8) is 0 Å². The van der Waals surface area contributed by atoms with Crippen molar-refractivity contribution in [1.29, 1.82) is 0 Å². The SMILES string of the molecule is c1ccc(-c2cc(-c3ccccc3)nc(-c3ccccc3-c3cccc(-c4ccc5c6ccccc6c6ccccc6c5c4)c3)n2)cc1.c1ccc(-c2nc(-c3ccccc3)nc(-c3ccccc3-c3cccc(-c4ccc5c6ccccc6c6ccccc6c5c4)c3)n2)cc1.c1ccc(-c2ncnc(-c3ccccc3-c3ccc(-c4ccc5c6ccccc6c6ccccc6c5c4)cc3)n2)cc1. The first-order chi connectivity index (χ1) is 68.4. The van der Waals surface area contributed by atoms with Gasteiger partial charge in [0.05, 0.1) is 11.4 Å². The van der Waals surface area contributed by atoms with Gasteiger partial charge in [-0.1, -0.05) is 467 Å². The molecule has 0 aliphatic rings. The molecule has 3 aromatic heterocycles. The van der Waals surface area contributed by atoms with Gasteiger partial charge in [-0.05, 0) is 200 Å². The van der Waals surface area contributed by atoms with Gasteiger partial charge in [-0.2, -0.15) is 0 Å². The van der Waals surface area contributed by atoms with Gasteiger partial charge in [-0.15, -0.1) is 0 Å². The molecular weight excluding hydrogens is 1670 g/mol. The van der Waals surface area contributed by atoms with Crippen LogP contribution in [0.25, 0.3) is 255 Å². The third-order valence-electron chi connectivity index (χ3n) is 26.4. The maximum atomic E-state index is 5.14. The number of nitrogens with zero attached hydrogens (tertiary/aromatic N) is 8. The molecule has 0 fully saturated rings. The van der Waals surface area contributed by atoms with Gasteiger partial charge < -0.3 is 0 Å². The molecule has 0 unspecified atom stereocenters. The molecule has 0 amide bonds. The van der Waals surface area contributed by atoms with Crippen LogP contribution in [0.4, 0.5) is 0 Å². The van der Waals surface area contributed by atoms with E-state index in [1.54, 1.807) is 6.33 Å². The van der Waals surface area contributed by atoms with Crippen LogP contribution in [0.5, 0.6) is 0 Å². The molecule has 0 aliphatic heterocycles. The van der Waals surface area contributed by atoms with E-state index in [2.05, 4.69) is 404 Å². The van der Waals surface area contributed by atoms with Gasteiger partial charge in [0, 0.05) is 44.5 Å². The average molecular weight is 1760 g/mol. The number of aromatic nitrogens is 8. The van der Waals surface area contributed by atoms with Crippen molar-refractivity contribution in [2.75, 3.05) is 0 Å². The highest BCUT2D eigenvalue weighted by atomic mass is 15.0. The van der Waals surface area contributed by atoms with Crippen LogP contribution in [0.2, 0.25) is 0 Å². The second-order valence-electron chi connectivity index (χ2n) is 34.7. The van der Waals surface area contributed by atoms with Gasteiger partial charge in [0.1, 0.15) is 6.33 Å². The molecule has 8 nitrogen and oxygen atoms in total. The van der Waals surface area contributed by atoms with Crippen LogP contribution < -0.4 is 0 Å². The molecule has 23 aromatic carbocycles. The molecule has 0 spiro atoms. The normalized spacial score (nSPS) is 11.3. The van der Waals surface area contributed by atoms with Gasteiger partial charge in [0.25, 0.3) is 0 Å². The molecule has 138 heavy (non-hydrogen) atoms. The van der Waals surface area contributed by atoms with Crippen molar-refractivity contribution in [2.24, 2.45) is 0 Å². The number of fused-ring (bicyclic) bond motifs is 18. The predicted octanol–water partition coefficient (Wildman–Crippen LogP) is 33.9. The van der Waals surface area contributed by atoms with Crippen molar-refractivity contribution in [3.05, 3.63) is 510 Å². The summed E-state index contributed by atoms with van der Waals surface area (Å²) in [5.74, 6) is 3.99. The predicted molar refractivity (Wildman–Crippen MR) is 575 cm³/mol. The molecule has 0 bridgehead atoms. The molecule has 644 valence electrons. The Bertz CT molecular complexity index is 8540. The lowest BCUT2D eigenvalue weighted by Crippen LogP contribution is -2.01. The lowest BCUT2D eigenvalue weighted by Gasteiger charge is -2.14. The van der Waals surface area contributed by atoms with Crippen molar-refractivity contribution in [2.45, 2.75) is 0 Å². The van der Waals surface area contributed by atoms with Crippen LogP contribution in [-0.4, -0.2) is 39.9 Å². The minimum absolute atomic E-state index is 0.646. The summed E-state index contributed by atoms with van der Waals surface area (Å²) >= 11 is 0. The summed E-state index contributed by atoms with van der Waals surface area (Å²) in [4.78, 5) is 39.0. The van der Waals surface area contributed by atoms with E-state index in [0.717, 1.165) is 94.8 Å². The Morgan fingerprint density at radius 3 is 0.674 bits per heavy atom. The van der Waals surface area contributed by atoms with E-state index >= 15 is 0 Å². The average Bonchev–Trinajstić information content (AvgIpc) is 0.746. The zero-order valence-corrected chi connectivity index (χ0v) is 75.1. The topological polar surface area (TPSA) is 103 Å². The Morgan fingerprint density at radius 2 is 0.319 bits per heavy atom. The van der Waals surface area contributed by atoms with E-state index in [1.807, 2.05) is 109 Å². The molecule has 0 atom stereocenters. The molecule has 8 heteroatoms. The highest BCUT2D eigenvalue weighted by molar-refractivity contribution is 6.28. The molecule has 0 radical (unpaired) electrons. The van der Waals surface area contributed by atoms with E-state index in [4.69, 9.17) is 29.9 Å². The lowest BCUT2D eigenvalue weighted by atomic mass is 9.91. The summed E-state index contributed by atoms with van der Waals surface area (Å²) in [6.45, 7) is 0. The molecule has 0 saturated heterocycles. The maximum Gasteiger partial charge on any atom is 0.164 e. The van der Waals surface area contributed by atoms with Crippen LogP contribution in [0.15, 0.2) is 510 Å². The quantitative estimate of drug-likeness (QED) is 0.0992. The number of rotatable bonds is 14. The molecule has 0 aliphatic carbocycles. The Labute approximate surface area is 798 Å². The van der Waals surface area contributed by atoms with E-state index < -0.39 is 0 Å². The van der Waals surface area contributed by atoms with Crippen molar-refractivity contribution < 1.29 is 0 Å². The Balaban J connectivity index is 0.000000113. The molecular formula is C130H84N8. The first-order valence-corrected chi connectivity index (χ1v) is 46.7. The fourth-order valence-electron chi connectivity index (χ4n) is 19.8. The fraction of sp³-hybridized carbons (Fsp3) is 0. The molecule has 0 N–H and O–H groups in total. The van der Waals surface area contributed by atoms with Gasteiger partial charge in [0.15, 0.2) is 34.9 Å². The van der Waals surface area contributed by atoms with Crippen LogP contribution in [0.3, 0.4) is 0 Å². The zero-order chi connectivity index (χ0) is 91.6. The largest absolute Gasteiger partial charge is 0.228 e. The molecule has 3 heterocycles. The summed E-state index contributed by atoms with van der Waals surface area (Å²) in [6.07, 6.45) is 1.59. The third-order valence-corrected chi connectivity index (χ3v) is 26.4. The Kier molecular flexibility index (Phi) is 21.9. The van der Waals surface area contributed by atoms with Gasteiger partial charge in [-0.3, -0.25) is 0 Å². The third kappa shape index (κ3) is 16.0. The summed E-state index contributed by atoms with van der Waals surface area (Å²) in [5, 5.41) is 23.1. The van der Waals surface area contributed by atoms with E-state index in [1.165, 1.54) is 125 Å². The molecule has 26 aromatic rings. The molecule has 0 saturated carbocycles. The summed E-state index contributed by atoms with van der Waals surface area (Å²) < 4.78 is 0. The summed E-state index contributed by atoms with van der Waals surface area (Å²) in [7, 11) is 0. The molecule has 26 rings (SSSR count). The standard InChI is InChI=1S/C46H30N2.C45H29N3.C39H25N3/c1-3-14-31(15-4-1)44-30-45(32-16-5-2-6-17-32)48-46(47-44)42-25-12-7-20-36(42)35-19-13-18-33(28-35)34-26-27-41-39-23-9-8-21-37(39)38-22-10-11-24-40(38)43(41)29-34;1-3-14-30(15-4-1)43-46-44(31-16-5-2-6-17-31)48-45(47-43)41-25-12-7-20-35(41)34-19-13-18-32(28-34)33-26-27-40-38-23-9-8-21-36(38)37-22-10-11-24-39(37)42(40)29-33;1-2-10-28(11-3-1)38-40-25-41-39(42-38)36-17-9-4-12-30(36)27-20-18-26(19-21-27)29-22-23-35-33-15-6-5-13-31(33)32-14-7-8-16-34(32)37(35)24-29/h1-30H;1-29H;1-25H. The van der Waals surface area contributed by atoms with Crippen molar-refractivity contribution >= 4 is 97.0 Å². The second kappa shape index (κ2) is 36.6. The zero-order valence-electron chi connectivity index (χ0n) is 75.1. The monoisotopic (exact) mass is 1760 g/mol. The fourth-order valence-corrected chi connectivity index (χ4v) is 19.8. The summed E-state index contributed by atoms with van der Waals surface area (Å²) in [6, 6.07) is 178. The van der Waals surface area contributed by atoms with Crippen LogP contribution in [0, 0.1) is 0 Å². The van der Waals surface area contributed by atoms with E-state index in [-0.39, 0.29) is 0 Å². The lowest BCUT2D eigenvalue weighted by molar-refractivity contribution is 1.07. The van der Waals surface area contributed by atoms with Gasteiger partial charge >= 0.3 is 0 Å². The van der Waals surface area contributed by atoms with Crippen LogP contribution >= 0.6 is 0 Å². The van der Waals surface area contributed by atoms with Crippen LogP contribution in [-0.2, 0) is 0 Å². The Hall–Kier alpha value is -18.5. The first-order valence-electron chi connectivity index (χ1n) is 46.7. The maximum absolute atomic E-state index is 5.14. The second-order valence-corrected chi connectivity index (χ2v) is 34.7. The van der Waals surface area contributed by atoms with E-state index in [9.17, 15) is 0 Å². The minimum atomic E-state index is 0.646. The van der Waals surface area contributed by atoms with E-state index in [0.29, 0.717) is 34.9 Å². The Morgan fingerprint density at radius 1 is 0.101 bits per heavy atom. The highest BCUT2D eigenvalue weighted by Gasteiger charge is 2.22.